The average Bonchev–Trinajstić information content (AvgIpc) is 3.05. The summed E-state index contributed by atoms with van der Waals surface area (Å²) >= 11 is 0. The van der Waals surface area contributed by atoms with Gasteiger partial charge in [-0.15, -0.1) is 0 Å². The second-order valence-electron chi connectivity index (χ2n) is 5.19. The van der Waals surface area contributed by atoms with Gasteiger partial charge in [0.05, 0.1) is 12.6 Å². The third-order valence-electron chi connectivity index (χ3n) is 3.27. The van der Waals surface area contributed by atoms with E-state index in [0.717, 1.165) is 17.1 Å². The van der Waals surface area contributed by atoms with Gasteiger partial charge in [-0.2, -0.15) is 0 Å². The van der Waals surface area contributed by atoms with E-state index in [2.05, 4.69) is 5.32 Å². The molecule has 6 nitrogen and oxygen atoms in total. The van der Waals surface area contributed by atoms with Crippen molar-refractivity contribution in [2.75, 3.05) is 13.1 Å². The van der Waals surface area contributed by atoms with E-state index >= 15 is 0 Å². The normalized spacial score (nSPS) is 27.7. The van der Waals surface area contributed by atoms with Gasteiger partial charge in [-0.25, -0.2) is 12.7 Å². The molecule has 1 aliphatic carbocycles. The van der Waals surface area contributed by atoms with Crippen LogP contribution >= 0.6 is 0 Å². The molecule has 98 valence electrons. The van der Waals surface area contributed by atoms with Crippen molar-refractivity contribution in [3.05, 3.63) is 0 Å². The van der Waals surface area contributed by atoms with Crippen LogP contribution in [0.25, 0.3) is 0 Å². The van der Waals surface area contributed by atoms with Gasteiger partial charge in [0.1, 0.15) is 0 Å². The van der Waals surface area contributed by atoms with E-state index in [1.54, 1.807) is 0 Å². The first-order chi connectivity index (χ1) is 7.76. The van der Waals surface area contributed by atoms with Crippen LogP contribution < -0.4 is 5.32 Å². The topological polar surface area (TPSA) is 86.7 Å². The maximum atomic E-state index is 11.7. The second kappa shape index (κ2) is 3.93. The third kappa shape index (κ3) is 2.07. The standard InChI is InChI=1S/C10H18N2O4S/c1-10(2)9(14)12(17(10,15)16)6-8(13)5-11-7-3-4-7/h7-8,11,13H,3-6H2,1-2H3. The summed E-state index contributed by atoms with van der Waals surface area (Å²) in [5.41, 5.74) is 0. The summed E-state index contributed by atoms with van der Waals surface area (Å²) in [6, 6.07) is 0.449. The molecule has 2 N–H and O–H groups in total. The summed E-state index contributed by atoms with van der Waals surface area (Å²) in [6.45, 7) is 2.95. The quantitative estimate of drug-likeness (QED) is 0.667. The number of nitrogens with one attached hydrogen (secondary N) is 1. The number of hydrogen-bond donors (Lipinski definition) is 2. The van der Waals surface area contributed by atoms with Gasteiger partial charge in [0.15, 0.2) is 4.75 Å². The van der Waals surface area contributed by atoms with Crippen molar-refractivity contribution in [2.45, 2.75) is 43.6 Å². The summed E-state index contributed by atoms with van der Waals surface area (Å²) in [5.74, 6) is -0.442. The number of amides is 1. The predicted molar refractivity (Wildman–Crippen MR) is 61.7 cm³/mol. The maximum absolute atomic E-state index is 11.7. The molecule has 0 bridgehead atoms. The molecule has 1 amide bonds. The highest BCUT2D eigenvalue weighted by molar-refractivity contribution is 7.94. The van der Waals surface area contributed by atoms with Crippen molar-refractivity contribution < 1.29 is 18.3 Å². The van der Waals surface area contributed by atoms with Crippen LogP contribution in [0, 0.1) is 0 Å². The first-order valence-electron chi connectivity index (χ1n) is 5.75. The Morgan fingerprint density at radius 2 is 2.12 bits per heavy atom. The van der Waals surface area contributed by atoms with Crippen LogP contribution in [0.2, 0.25) is 0 Å². The van der Waals surface area contributed by atoms with Crippen LogP contribution in [0.3, 0.4) is 0 Å². The molecule has 0 spiro atoms. The van der Waals surface area contributed by atoms with E-state index in [0.29, 0.717) is 12.6 Å². The highest BCUT2D eigenvalue weighted by atomic mass is 32.2. The van der Waals surface area contributed by atoms with Crippen molar-refractivity contribution in [1.29, 1.82) is 0 Å². The second-order valence-corrected chi connectivity index (χ2v) is 7.60. The fraction of sp³-hybridized carbons (Fsp3) is 0.900. The molecule has 0 aromatic heterocycles. The number of β-amino-alcohol motifs (C(OH)–C–C–N with tert-alkyl or cyclic N) is 1. The Balaban J connectivity index is 1.89. The van der Waals surface area contributed by atoms with Crippen molar-refractivity contribution >= 4 is 15.9 Å². The number of nitrogens with zero attached hydrogens (tertiary/aromatic N) is 1. The predicted octanol–water partition coefficient (Wildman–Crippen LogP) is -0.950. The van der Waals surface area contributed by atoms with E-state index in [-0.39, 0.29) is 6.54 Å². The van der Waals surface area contributed by atoms with Crippen LogP contribution in [0.1, 0.15) is 26.7 Å². The maximum Gasteiger partial charge on any atom is 0.258 e. The van der Waals surface area contributed by atoms with Gasteiger partial charge in [-0.05, 0) is 26.7 Å². The zero-order valence-corrected chi connectivity index (χ0v) is 10.8. The number of carbonyl (C=O) groups excluding carboxylic acids is 1. The van der Waals surface area contributed by atoms with Gasteiger partial charge in [0.2, 0.25) is 0 Å². The Bertz CT molecular complexity index is 428. The molecular formula is C10H18N2O4S. The lowest BCUT2D eigenvalue weighted by molar-refractivity contribution is -0.133. The lowest BCUT2D eigenvalue weighted by Gasteiger charge is -2.43. The van der Waals surface area contributed by atoms with Gasteiger partial charge in [-0.3, -0.25) is 4.79 Å². The van der Waals surface area contributed by atoms with Crippen molar-refractivity contribution in [2.24, 2.45) is 0 Å². The molecule has 17 heavy (non-hydrogen) atoms. The lowest BCUT2D eigenvalue weighted by atomic mass is 10.2. The lowest BCUT2D eigenvalue weighted by Crippen LogP contribution is -2.68. The fourth-order valence-corrected chi connectivity index (χ4v) is 3.35. The van der Waals surface area contributed by atoms with Crippen molar-refractivity contribution in [3.8, 4) is 0 Å². The molecule has 1 unspecified atom stereocenters. The molecule has 1 saturated carbocycles. The Labute approximate surface area is 101 Å². The molecule has 7 heteroatoms. The van der Waals surface area contributed by atoms with Gasteiger partial charge < -0.3 is 10.4 Å². The summed E-state index contributed by atoms with van der Waals surface area (Å²) in [6.07, 6.45) is 1.35. The molecule has 2 aliphatic rings. The molecule has 0 radical (unpaired) electrons. The molecule has 2 fully saturated rings. The van der Waals surface area contributed by atoms with Crippen LogP contribution in [0.5, 0.6) is 0 Å². The van der Waals surface area contributed by atoms with Crippen molar-refractivity contribution in [1.82, 2.24) is 9.62 Å². The molecule has 1 heterocycles. The monoisotopic (exact) mass is 262 g/mol. The minimum atomic E-state index is -3.57. The van der Waals surface area contributed by atoms with E-state index in [1.807, 2.05) is 0 Å². The summed E-state index contributed by atoms with van der Waals surface area (Å²) in [4.78, 5) is 11.6. The third-order valence-corrected chi connectivity index (χ3v) is 5.63. The van der Waals surface area contributed by atoms with Crippen LogP contribution in [-0.4, -0.2) is 53.7 Å². The highest BCUT2D eigenvalue weighted by Crippen LogP contribution is 2.34. The van der Waals surface area contributed by atoms with Gasteiger partial charge >= 0.3 is 0 Å². The Morgan fingerprint density at radius 1 is 1.53 bits per heavy atom. The molecule has 0 aromatic rings. The van der Waals surface area contributed by atoms with E-state index in [9.17, 15) is 18.3 Å². The summed E-state index contributed by atoms with van der Waals surface area (Å²) in [5, 5.41) is 12.8. The smallest absolute Gasteiger partial charge is 0.258 e. The SMILES string of the molecule is CC1(C)C(=O)N(CC(O)CNC2CC2)S1(=O)=O. The largest absolute Gasteiger partial charge is 0.390 e. The van der Waals surface area contributed by atoms with E-state index in [1.165, 1.54) is 13.8 Å². The Morgan fingerprint density at radius 3 is 2.59 bits per heavy atom. The number of sulfonamides is 1. The fourth-order valence-electron chi connectivity index (χ4n) is 1.78. The molecule has 1 saturated heterocycles. The molecule has 1 aliphatic heterocycles. The van der Waals surface area contributed by atoms with Crippen molar-refractivity contribution in [3.63, 3.8) is 0 Å². The molecule has 0 aromatic carbocycles. The van der Waals surface area contributed by atoms with Crippen LogP contribution in [-0.2, 0) is 14.8 Å². The molecule has 1 atom stereocenters. The number of aliphatic hydroxyl groups excluding tert-OH is 1. The van der Waals surface area contributed by atoms with Gasteiger partial charge in [0, 0.05) is 12.6 Å². The minimum absolute atomic E-state index is 0.148. The Kier molecular flexibility index (Phi) is 2.95. The van der Waals surface area contributed by atoms with E-state index < -0.39 is 26.8 Å². The first kappa shape index (κ1) is 12.8. The minimum Gasteiger partial charge on any atom is -0.390 e. The first-order valence-corrected chi connectivity index (χ1v) is 7.19. The zero-order chi connectivity index (χ0) is 12.8. The number of hydrogen-bond acceptors (Lipinski definition) is 5. The number of rotatable bonds is 5. The summed E-state index contributed by atoms with van der Waals surface area (Å²) in [7, 11) is -3.57. The van der Waals surface area contributed by atoms with Crippen LogP contribution in [0.15, 0.2) is 0 Å². The zero-order valence-electron chi connectivity index (χ0n) is 10.0. The van der Waals surface area contributed by atoms with Gasteiger partial charge in [0.25, 0.3) is 15.9 Å². The Hall–Kier alpha value is -0.660. The number of aliphatic hydroxyl groups is 1. The molecular weight excluding hydrogens is 244 g/mol. The average molecular weight is 262 g/mol. The molecule has 2 rings (SSSR count). The van der Waals surface area contributed by atoms with Crippen LogP contribution in [0.4, 0.5) is 0 Å². The highest BCUT2D eigenvalue weighted by Gasteiger charge is 2.60. The summed E-state index contributed by atoms with van der Waals surface area (Å²) < 4.78 is 22.9. The number of carbonyl (C=O) groups is 1. The van der Waals surface area contributed by atoms with Gasteiger partial charge in [-0.1, -0.05) is 0 Å². The van der Waals surface area contributed by atoms with E-state index in [4.69, 9.17) is 0 Å².